The van der Waals surface area contributed by atoms with Gasteiger partial charge in [0.2, 0.25) is 5.91 Å². The third-order valence-electron chi connectivity index (χ3n) is 4.64. The molecule has 2 aromatic carbocycles. The Bertz CT molecular complexity index is 1310. The van der Waals surface area contributed by atoms with Crippen molar-refractivity contribution in [1.29, 1.82) is 0 Å². The predicted molar refractivity (Wildman–Crippen MR) is 110 cm³/mol. The van der Waals surface area contributed by atoms with Crippen LogP contribution in [0.2, 0.25) is 0 Å². The van der Waals surface area contributed by atoms with Crippen LogP contribution in [0.1, 0.15) is 21.5 Å². The minimum atomic E-state index is -0.690. The molecule has 0 aliphatic carbocycles. The van der Waals surface area contributed by atoms with E-state index in [4.69, 9.17) is 5.73 Å². The van der Waals surface area contributed by atoms with Gasteiger partial charge in [-0.3, -0.25) is 9.59 Å². The minimum Gasteiger partial charge on any atom is -0.366 e. The topological polar surface area (TPSA) is 88.8 Å². The number of halogens is 2. The van der Waals surface area contributed by atoms with E-state index in [1.807, 2.05) is 0 Å². The number of ketones is 1. The third kappa shape index (κ3) is 3.73. The van der Waals surface area contributed by atoms with Crippen molar-refractivity contribution in [3.63, 3.8) is 0 Å². The van der Waals surface area contributed by atoms with Crippen LogP contribution in [-0.4, -0.2) is 21.7 Å². The minimum absolute atomic E-state index is 0.105. The van der Waals surface area contributed by atoms with E-state index in [2.05, 4.69) is 9.97 Å². The Hall–Kier alpha value is -4.13. The number of aromatic amines is 1. The zero-order valence-corrected chi connectivity index (χ0v) is 15.5. The van der Waals surface area contributed by atoms with E-state index in [1.54, 1.807) is 30.6 Å². The van der Waals surface area contributed by atoms with Crippen molar-refractivity contribution >= 4 is 28.8 Å². The number of carbonyl (C=O) groups excluding carboxylic acids is 2. The predicted octanol–water partition coefficient (Wildman–Crippen LogP) is 4.24. The summed E-state index contributed by atoms with van der Waals surface area (Å²) in [5.41, 5.74) is 7.71. The number of benzene rings is 2. The maximum absolute atomic E-state index is 14.7. The fourth-order valence-electron chi connectivity index (χ4n) is 3.13. The lowest BCUT2D eigenvalue weighted by atomic mass is 9.99. The van der Waals surface area contributed by atoms with Crippen molar-refractivity contribution in [1.82, 2.24) is 9.97 Å². The van der Waals surface area contributed by atoms with Gasteiger partial charge >= 0.3 is 0 Å². The largest absolute Gasteiger partial charge is 0.366 e. The first-order chi connectivity index (χ1) is 14.4. The molecule has 0 fully saturated rings. The van der Waals surface area contributed by atoms with Crippen molar-refractivity contribution < 1.29 is 18.4 Å². The highest BCUT2D eigenvalue weighted by molar-refractivity contribution is 6.09. The molecular weight excluding hydrogens is 388 g/mol. The van der Waals surface area contributed by atoms with Crippen molar-refractivity contribution in [2.45, 2.75) is 0 Å². The van der Waals surface area contributed by atoms with Gasteiger partial charge in [0.25, 0.3) is 0 Å². The zero-order chi connectivity index (χ0) is 21.3. The maximum Gasteiger partial charge on any atom is 0.241 e. The summed E-state index contributed by atoms with van der Waals surface area (Å²) < 4.78 is 27.8. The zero-order valence-electron chi connectivity index (χ0n) is 15.5. The van der Waals surface area contributed by atoms with Crippen LogP contribution in [0.25, 0.3) is 28.2 Å². The van der Waals surface area contributed by atoms with Gasteiger partial charge in [-0.2, -0.15) is 0 Å². The quantitative estimate of drug-likeness (QED) is 0.386. The molecule has 4 aromatic rings. The van der Waals surface area contributed by atoms with E-state index < -0.39 is 23.3 Å². The number of nitrogens with two attached hydrogens (primary N) is 1. The van der Waals surface area contributed by atoms with E-state index in [0.29, 0.717) is 22.3 Å². The first kappa shape index (κ1) is 19.2. The van der Waals surface area contributed by atoms with Crippen LogP contribution in [0.4, 0.5) is 8.78 Å². The van der Waals surface area contributed by atoms with E-state index in [0.717, 1.165) is 17.5 Å². The summed E-state index contributed by atoms with van der Waals surface area (Å²) in [6.45, 7) is 0. The number of amides is 1. The second-order valence-electron chi connectivity index (χ2n) is 6.63. The number of rotatable bonds is 5. The van der Waals surface area contributed by atoms with Crippen LogP contribution in [-0.2, 0) is 4.79 Å². The maximum atomic E-state index is 14.7. The Labute approximate surface area is 169 Å². The van der Waals surface area contributed by atoms with Gasteiger partial charge in [0.1, 0.15) is 17.3 Å². The molecule has 0 atom stereocenters. The number of nitrogens with one attached hydrogen (secondary N) is 1. The Morgan fingerprint density at radius 1 is 1.00 bits per heavy atom. The highest BCUT2D eigenvalue weighted by Crippen LogP contribution is 2.27. The highest BCUT2D eigenvalue weighted by atomic mass is 19.1. The van der Waals surface area contributed by atoms with Crippen molar-refractivity contribution in [2.24, 2.45) is 5.73 Å². The summed E-state index contributed by atoms with van der Waals surface area (Å²) in [6, 6.07) is 11.0. The van der Waals surface area contributed by atoms with Gasteiger partial charge in [0.05, 0.1) is 5.56 Å². The Balaban J connectivity index is 1.69. The molecule has 30 heavy (non-hydrogen) atoms. The Morgan fingerprint density at radius 2 is 1.77 bits per heavy atom. The standard InChI is InChI=1S/C23H15F2N3O2/c24-17-5-1-13(2-6-17)22(30)18-7-3-14(10-20(18)25)16-9-19-15(4-8-21(26)29)11-27-23(19)28-12-16/h1-12H,(H2,26,29)(H,27,28)/b8-4+. The van der Waals surface area contributed by atoms with E-state index in [1.165, 1.54) is 30.3 Å². The molecule has 0 radical (unpaired) electrons. The van der Waals surface area contributed by atoms with Gasteiger partial charge in [0, 0.05) is 40.5 Å². The van der Waals surface area contributed by atoms with Gasteiger partial charge in [-0.05, 0) is 54.1 Å². The lowest BCUT2D eigenvalue weighted by Crippen LogP contribution is -2.05. The van der Waals surface area contributed by atoms with Crippen molar-refractivity contribution in [2.75, 3.05) is 0 Å². The number of hydrogen-bond donors (Lipinski definition) is 2. The molecule has 5 nitrogen and oxygen atoms in total. The molecule has 0 spiro atoms. The van der Waals surface area contributed by atoms with E-state index in [9.17, 15) is 18.4 Å². The number of H-pyrrole nitrogens is 1. The smallest absolute Gasteiger partial charge is 0.241 e. The summed E-state index contributed by atoms with van der Waals surface area (Å²) in [7, 11) is 0. The average Bonchev–Trinajstić information content (AvgIpc) is 3.14. The Morgan fingerprint density at radius 3 is 2.47 bits per heavy atom. The molecule has 0 saturated carbocycles. The number of carbonyl (C=O) groups is 2. The lowest BCUT2D eigenvalue weighted by molar-refractivity contribution is -0.113. The SMILES string of the molecule is NC(=O)/C=C/c1c[nH]c2ncc(-c3ccc(C(=O)c4ccc(F)cc4)c(F)c3)cc12. The first-order valence-corrected chi connectivity index (χ1v) is 8.97. The first-order valence-electron chi connectivity index (χ1n) is 8.97. The summed E-state index contributed by atoms with van der Waals surface area (Å²) >= 11 is 0. The second-order valence-corrected chi connectivity index (χ2v) is 6.63. The number of nitrogens with zero attached hydrogens (tertiary/aromatic N) is 1. The second kappa shape index (κ2) is 7.71. The molecule has 4 rings (SSSR count). The molecule has 1 amide bonds. The molecule has 2 heterocycles. The number of pyridine rings is 1. The molecule has 7 heteroatoms. The molecule has 0 unspecified atom stereocenters. The van der Waals surface area contributed by atoms with Gasteiger partial charge in [-0.15, -0.1) is 0 Å². The van der Waals surface area contributed by atoms with Crippen LogP contribution in [0, 0.1) is 11.6 Å². The van der Waals surface area contributed by atoms with Gasteiger partial charge in [-0.1, -0.05) is 6.07 Å². The molecule has 0 saturated heterocycles. The molecule has 0 aliphatic heterocycles. The van der Waals surface area contributed by atoms with E-state index >= 15 is 0 Å². The molecule has 0 aliphatic rings. The van der Waals surface area contributed by atoms with Crippen LogP contribution in [0.15, 0.2) is 67.0 Å². The molecular formula is C23H15F2N3O2. The molecule has 148 valence electrons. The van der Waals surface area contributed by atoms with Gasteiger partial charge in [-0.25, -0.2) is 13.8 Å². The number of aromatic nitrogens is 2. The fourth-order valence-corrected chi connectivity index (χ4v) is 3.13. The number of primary amides is 1. The summed E-state index contributed by atoms with van der Waals surface area (Å²) in [4.78, 5) is 30.8. The molecule has 3 N–H and O–H groups in total. The summed E-state index contributed by atoms with van der Waals surface area (Å²) in [6.07, 6.45) is 6.07. The number of fused-ring (bicyclic) bond motifs is 1. The lowest BCUT2D eigenvalue weighted by Gasteiger charge is -2.07. The van der Waals surface area contributed by atoms with Crippen LogP contribution in [0.5, 0.6) is 0 Å². The van der Waals surface area contributed by atoms with Crippen LogP contribution in [0.3, 0.4) is 0 Å². The average molecular weight is 403 g/mol. The van der Waals surface area contributed by atoms with Gasteiger partial charge in [0.15, 0.2) is 5.78 Å². The summed E-state index contributed by atoms with van der Waals surface area (Å²) in [5.74, 6) is -2.26. The van der Waals surface area contributed by atoms with E-state index in [-0.39, 0.29) is 11.1 Å². The van der Waals surface area contributed by atoms with Crippen LogP contribution >= 0.6 is 0 Å². The Kier molecular flexibility index (Phi) is 4.93. The highest BCUT2D eigenvalue weighted by Gasteiger charge is 2.15. The van der Waals surface area contributed by atoms with Crippen molar-refractivity contribution in [3.05, 3.63) is 95.3 Å². The molecule has 2 aromatic heterocycles. The van der Waals surface area contributed by atoms with Crippen LogP contribution < -0.4 is 5.73 Å². The monoisotopic (exact) mass is 403 g/mol. The fraction of sp³-hybridized carbons (Fsp3) is 0. The van der Waals surface area contributed by atoms with Gasteiger partial charge < -0.3 is 10.7 Å². The third-order valence-corrected chi connectivity index (χ3v) is 4.64. The normalized spacial score (nSPS) is 11.3. The van der Waals surface area contributed by atoms with Crippen molar-refractivity contribution in [3.8, 4) is 11.1 Å². The number of hydrogen-bond acceptors (Lipinski definition) is 3. The summed E-state index contributed by atoms with van der Waals surface area (Å²) in [5, 5.41) is 0.733. The molecule has 0 bridgehead atoms.